The first-order valence-electron chi connectivity index (χ1n) is 6.56. The van der Waals surface area contributed by atoms with Gasteiger partial charge in [-0.3, -0.25) is 0 Å². The van der Waals surface area contributed by atoms with Crippen molar-refractivity contribution >= 4 is 34.2 Å². The van der Waals surface area contributed by atoms with E-state index in [9.17, 15) is 4.39 Å². The van der Waals surface area contributed by atoms with Crippen molar-refractivity contribution in [3.8, 4) is 0 Å². The second-order valence-electron chi connectivity index (χ2n) is 5.41. The second kappa shape index (κ2) is 5.17. The zero-order valence-electron chi connectivity index (χ0n) is 11.1. The Morgan fingerprint density at radius 1 is 1.50 bits per heavy atom. The maximum Gasteiger partial charge on any atom is 0.144 e. The van der Waals surface area contributed by atoms with E-state index in [1.54, 1.807) is 6.07 Å². The van der Waals surface area contributed by atoms with Gasteiger partial charge in [0, 0.05) is 12.7 Å². The third kappa shape index (κ3) is 2.20. The van der Waals surface area contributed by atoms with Crippen LogP contribution in [0.15, 0.2) is 12.1 Å². The van der Waals surface area contributed by atoms with Gasteiger partial charge >= 0.3 is 0 Å². The molecule has 0 bridgehead atoms. The van der Waals surface area contributed by atoms with Crippen molar-refractivity contribution in [3.05, 3.63) is 28.8 Å². The predicted molar refractivity (Wildman–Crippen MR) is 78.0 cm³/mol. The fourth-order valence-corrected chi connectivity index (χ4v) is 3.25. The summed E-state index contributed by atoms with van der Waals surface area (Å²) in [6.07, 6.45) is 1.92. The summed E-state index contributed by atoms with van der Waals surface area (Å²) in [5, 5.41) is 0.0771. The molecular weight excluding hydrogens is 302 g/mol. The first-order chi connectivity index (χ1) is 9.55. The molecule has 0 N–H and O–H groups in total. The van der Waals surface area contributed by atoms with Crippen LogP contribution < -0.4 is 0 Å². The van der Waals surface area contributed by atoms with Crippen molar-refractivity contribution < 1.29 is 9.13 Å². The quantitative estimate of drug-likeness (QED) is 0.780. The minimum atomic E-state index is -0.443. The lowest BCUT2D eigenvalue weighted by Crippen LogP contribution is -2.39. The Labute approximate surface area is 126 Å². The van der Waals surface area contributed by atoms with Crippen LogP contribution in [0.3, 0.4) is 0 Å². The maximum absolute atomic E-state index is 13.8. The molecule has 20 heavy (non-hydrogen) atoms. The number of fused-ring (bicyclic) bond motifs is 1. The molecule has 1 aliphatic heterocycles. The third-order valence-corrected chi connectivity index (χ3v) is 4.37. The number of imidazole rings is 1. The van der Waals surface area contributed by atoms with Crippen LogP contribution in [0.2, 0.25) is 5.02 Å². The number of nitrogens with zero attached hydrogens (tertiary/aromatic N) is 2. The molecule has 0 spiro atoms. The van der Waals surface area contributed by atoms with E-state index in [4.69, 9.17) is 27.9 Å². The third-order valence-electron chi connectivity index (χ3n) is 3.84. The zero-order valence-corrected chi connectivity index (χ0v) is 12.6. The number of benzene rings is 1. The number of rotatable bonds is 2. The monoisotopic (exact) mass is 316 g/mol. The van der Waals surface area contributed by atoms with E-state index >= 15 is 0 Å². The van der Waals surface area contributed by atoms with Gasteiger partial charge in [0.1, 0.15) is 11.6 Å². The summed E-state index contributed by atoms with van der Waals surface area (Å²) in [6, 6.07) is 2.98. The van der Waals surface area contributed by atoms with Gasteiger partial charge in [0.25, 0.3) is 0 Å². The molecule has 6 heteroatoms. The fourth-order valence-electron chi connectivity index (χ4n) is 2.91. The molecule has 2 aromatic rings. The van der Waals surface area contributed by atoms with E-state index in [-0.39, 0.29) is 16.4 Å². The average Bonchev–Trinajstić information content (AvgIpc) is 2.78. The van der Waals surface area contributed by atoms with Gasteiger partial charge in [-0.2, -0.15) is 0 Å². The van der Waals surface area contributed by atoms with Crippen LogP contribution in [0.4, 0.5) is 4.39 Å². The van der Waals surface area contributed by atoms with Crippen LogP contribution in [-0.4, -0.2) is 22.8 Å². The molecular formula is C14H15Cl2FN2O. The van der Waals surface area contributed by atoms with Crippen molar-refractivity contribution in [1.29, 1.82) is 0 Å². The van der Waals surface area contributed by atoms with Gasteiger partial charge < -0.3 is 9.30 Å². The Hall–Kier alpha value is -0.840. The molecule has 3 rings (SSSR count). The highest BCUT2D eigenvalue weighted by Gasteiger charge is 2.33. The molecule has 1 unspecified atom stereocenters. The van der Waals surface area contributed by atoms with Crippen LogP contribution >= 0.6 is 23.2 Å². The van der Waals surface area contributed by atoms with Crippen LogP contribution in [0.25, 0.3) is 11.0 Å². The van der Waals surface area contributed by atoms with E-state index in [2.05, 4.69) is 11.9 Å². The lowest BCUT2D eigenvalue weighted by molar-refractivity contribution is 0.0104. The Balaban J connectivity index is 2.24. The summed E-state index contributed by atoms with van der Waals surface area (Å²) in [6.45, 7) is 3.43. The molecule has 1 saturated heterocycles. The normalized spacial score (nSPS) is 23.4. The van der Waals surface area contributed by atoms with Gasteiger partial charge in [0.15, 0.2) is 0 Å². The first-order valence-corrected chi connectivity index (χ1v) is 7.47. The molecule has 1 aliphatic rings. The lowest BCUT2D eigenvalue weighted by atomic mass is 9.94. The van der Waals surface area contributed by atoms with Crippen LogP contribution in [0.5, 0.6) is 0 Å². The van der Waals surface area contributed by atoms with Gasteiger partial charge in [0.2, 0.25) is 0 Å². The van der Waals surface area contributed by atoms with E-state index in [1.165, 1.54) is 6.07 Å². The summed E-state index contributed by atoms with van der Waals surface area (Å²) in [5.41, 5.74) is 1.13. The fraction of sp³-hybridized carbons (Fsp3) is 0.500. The highest BCUT2D eigenvalue weighted by Crippen LogP contribution is 2.34. The van der Waals surface area contributed by atoms with E-state index in [0.29, 0.717) is 12.1 Å². The van der Waals surface area contributed by atoms with Gasteiger partial charge in [0.05, 0.1) is 34.1 Å². The molecule has 0 amide bonds. The summed E-state index contributed by atoms with van der Waals surface area (Å²) in [5.74, 6) is 0.543. The van der Waals surface area contributed by atoms with Gasteiger partial charge in [-0.15, -0.1) is 11.6 Å². The van der Waals surface area contributed by atoms with Crippen molar-refractivity contribution in [3.63, 3.8) is 0 Å². The Kier molecular flexibility index (Phi) is 3.65. The van der Waals surface area contributed by atoms with Gasteiger partial charge in [-0.05, 0) is 25.8 Å². The first kappa shape index (κ1) is 14.1. The maximum atomic E-state index is 13.8. The van der Waals surface area contributed by atoms with Crippen molar-refractivity contribution in [2.24, 2.45) is 0 Å². The summed E-state index contributed by atoms with van der Waals surface area (Å²) in [4.78, 5) is 4.48. The molecule has 0 saturated carbocycles. The van der Waals surface area contributed by atoms with Crippen LogP contribution in [0, 0.1) is 5.82 Å². The van der Waals surface area contributed by atoms with Crippen LogP contribution in [0.1, 0.15) is 25.6 Å². The molecule has 0 aliphatic carbocycles. The average molecular weight is 317 g/mol. The van der Waals surface area contributed by atoms with Crippen LogP contribution in [-0.2, 0) is 16.2 Å². The standard InChI is InChI=1S/C14H15Cl2FN2O/c1-14(3-2-4-20-8-14)19-12-6-10(17)9(16)5-11(12)18-13(19)7-15/h5-6H,2-4,7-8H2,1H3. The van der Waals surface area contributed by atoms with Crippen molar-refractivity contribution in [2.45, 2.75) is 31.2 Å². The number of halogens is 3. The van der Waals surface area contributed by atoms with E-state index < -0.39 is 5.82 Å². The summed E-state index contributed by atoms with van der Waals surface area (Å²) >= 11 is 11.8. The van der Waals surface area contributed by atoms with Crippen molar-refractivity contribution in [1.82, 2.24) is 9.55 Å². The van der Waals surface area contributed by atoms with E-state index in [1.807, 2.05) is 4.57 Å². The molecule has 3 nitrogen and oxygen atoms in total. The summed E-state index contributed by atoms with van der Waals surface area (Å²) < 4.78 is 21.4. The number of ether oxygens (including phenoxy) is 1. The zero-order chi connectivity index (χ0) is 14.3. The molecule has 108 valence electrons. The van der Waals surface area contributed by atoms with Crippen molar-refractivity contribution in [2.75, 3.05) is 13.2 Å². The topological polar surface area (TPSA) is 27.1 Å². The molecule has 1 aromatic carbocycles. The minimum Gasteiger partial charge on any atom is -0.379 e. The minimum absolute atomic E-state index is 0.0771. The number of alkyl halides is 1. The summed E-state index contributed by atoms with van der Waals surface area (Å²) in [7, 11) is 0. The molecule has 0 radical (unpaired) electrons. The van der Waals surface area contributed by atoms with Gasteiger partial charge in [-0.1, -0.05) is 11.6 Å². The largest absolute Gasteiger partial charge is 0.379 e. The lowest BCUT2D eigenvalue weighted by Gasteiger charge is -2.36. The Bertz CT molecular complexity index is 650. The SMILES string of the molecule is CC1(n2c(CCl)nc3cc(Cl)c(F)cc32)CCCOC1. The second-order valence-corrected chi connectivity index (χ2v) is 6.08. The van der Waals surface area contributed by atoms with E-state index in [0.717, 1.165) is 30.8 Å². The highest BCUT2D eigenvalue weighted by molar-refractivity contribution is 6.31. The molecule has 2 heterocycles. The Morgan fingerprint density at radius 3 is 2.95 bits per heavy atom. The number of aromatic nitrogens is 2. The Morgan fingerprint density at radius 2 is 2.30 bits per heavy atom. The number of hydrogen-bond donors (Lipinski definition) is 0. The molecule has 1 fully saturated rings. The highest BCUT2D eigenvalue weighted by atomic mass is 35.5. The number of hydrogen-bond acceptors (Lipinski definition) is 2. The molecule has 1 aromatic heterocycles. The predicted octanol–water partition coefficient (Wildman–Crippen LogP) is 4.09. The molecule has 1 atom stereocenters. The van der Waals surface area contributed by atoms with Gasteiger partial charge in [-0.25, -0.2) is 9.37 Å². The smallest absolute Gasteiger partial charge is 0.144 e.